The number of hydrogen-bond donors (Lipinski definition) is 2. The van der Waals surface area contributed by atoms with Crippen molar-refractivity contribution in [1.29, 1.82) is 0 Å². The molecule has 0 bridgehead atoms. The summed E-state index contributed by atoms with van der Waals surface area (Å²) < 4.78 is 2.32. The Morgan fingerprint density at radius 2 is 1.97 bits per heavy atom. The van der Waals surface area contributed by atoms with Gasteiger partial charge in [-0.3, -0.25) is 4.99 Å². The van der Waals surface area contributed by atoms with E-state index in [1.165, 1.54) is 30.5 Å². The number of aliphatic imine (C=N–C) groups is 1. The third-order valence-electron chi connectivity index (χ3n) is 5.98. The van der Waals surface area contributed by atoms with Crippen LogP contribution in [0.15, 0.2) is 29.3 Å². The summed E-state index contributed by atoms with van der Waals surface area (Å²) in [7, 11) is 1.84. The minimum absolute atomic E-state index is 0. The van der Waals surface area contributed by atoms with Crippen LogP contribution in [0.1, 0.15) is 42.9 Å². The first-order valence-corrected chi connectivity index (χ1v) is 10.9. The lowest BCUT2D eigenvalue weighted by Crippen LogP contribution is -2.45. The van der Waals surface area contributed by atoms with Crippen LogP contribution < -0.4 is 15.5 Å². The first kappa shape index (κ1) is 22.8. The van der Waals surface area contributed by atoms with Gasteiger partial charge in [0.2, 0.25) is 0 Å². The van der Waals surface area contributed by atoms with Crippen molar-refractivity contribution < 1.29 is 0 Å². The molecule has 1 atom stereocenters. The lowest BCUT2D eigenvalue weighted by molar-refractivity contribution is 0.597. The third kappa shape index (κ3) is 5.65. The standard InChI is InChI=1S/C22H33N7.HI/c1-17-7-9-19(10-8-17)28-15-12-18(16-28)25-22(23-2)24-13-11-21-27-26-20-6-4-3-5-14-29(20)21;/h7-10,18H,3-6,11-16H2,1-2H3,(H2,23,24,25);1H. The third-order valence-corrected chi connectivity index (χ3v) is 5.98. The van der Waals surface area contributed by atoms with Gasteiger partial charge in [-0.2, -0.15) is 0 Å². The van der Waals surface area contributed by atoms with Gasteiger partial charge in [-0.25, -0.2) is 0 Å². The number of hydrogen-bond acceptors (Lipinski definition) is 4. The molecular weight excluding hydrogens is 489 g/mol. The topological polar surface area (TPSA) is 70.4 Å². The molecule has 30 heavy (non-hydrogen) atoms. The van der Waals surface area contributed by atoms with Gasteiger partial charge in [-0.05, 0) is 38.3 Å². The Morgan fingerprint density at radius 1 is 1.13 bits per heavy atom. The zero-order valence-electron chi connectivity index (χ0n) is 18.1. The van der Waals surface area contributed by atoms with Gasteiger partial charge in [0.1, 0.15) is 11.6 Å². The van der Waals surface area contributed by atoms with E-state index in [0.717, 1.165) is 63.0 Å². The van der Waals surface area contributed by atoms with E-state index in [-0.39, 0.29) is 24.0 Å². The number of rotatable bonds is 5. The van der Waals surface area contributed by atoms with E-state index in [1.807, 2.05) is 7.05 Å². The average molecular weight is 523 g/mol. The lowest BCUT2D eigenvalue weighted by atomic mass is 10.2. The summed E-state index contributed by atoms with van der Waals surface area (Å²) in [6.07, 6.45) is 6.79. The highest BCUT2D eigenvalue weighted by atomic mass is 127. The van der Waals surface area contributed by atoms with Crippen LogP contribution in [0, 0.1) is 6.92 Å². The molecule has 0 amide bonds. The summed E-state index contributed by atoms with van der Waals surface area (Å²) in [5.41, 5.74) is 2.60. The van der Waals surface area contributed by atoms with E-state index in [4.69, 9.17) is 0 Å². The number of aromatic nitrogens is 3. The first-order chi connectivity index (χ1) is 14.2. The molecule has 0 aliphatic carbocycles. The summed E-state index contributed by atoms with van der Waals surface area (Å²) in [5, 5.41) is 15.9. The fourth-order valence-corrected chi connectivity index (χ4v) is 4.28. The van der Waals surface area contributed by atoms with Crippen LogP contribution in [0.4, 0.5) is 5.69 Å². The van der Waals surface area contributed by atoms with Crippen molar-refractivity contribution in [2.75, 3.05) is 31.6 Å². The highest BCUT2D eigenvalue weighted by Gasteiger charge is 2.23. The number of fused-ring (bicyclic) bond motifs is 1. The largest absolute Gasteiger partial charge is 0.369 e. The Balaban J connectivity index is 0.00000256. The second-order valence-electron chi connectivity index (χ2n) is 8.16. The summed E-state index contributed by atoms with van der Waals surface area (Å²) in [6.45, 7) is 6.07. The van der Waals surface area contributed by atoms with Gasteiger partial charge in [0.25, 0.3) is 0 Å². The van der Waals surface area contributed by atoms with E-state index in [9.17, 15) is 0 Å². The second-order valence-corrected chi connectivity index (χ2v) is 8.16. The van der Waals surface area contributed by atoms with Gasteiger partial charge in [0, 0.05) is 57.8 Å². The van der Waals surface area contributed by atoms with Crippen molar-refractivity contribution in [3.05, 3.63) is 41.5 Å². The molecule has 1 fully saturated rings. The first-order valence-electron chi connectivity index (χ1n) is 10.9. The van der Waals surface area contributed by atoms with Crippen LogP contribution >= 0.6 is 24.0 Å². The van der Waals surface area contributed by atoms with E-state index >= 15 is 0 Å². The fourth-order valence-electron chi connectivity index (χ4n) is 4.28. The molecule has 1 aromatic carbocycles. The van der Waals surface area contributed by atoms with Gasteiger partial charge in [0.15, 0.2) is 5.96 Å². The van der Waals surface area contributed by atoms with Gasteiger partial charge >= 0.3 is 0 Å². The van der Waals surface area contributed by atoms with E-state index in [0.29, 0.717) is 6.04 Å². The predicted molar refractivity (Wildman–Crippen MR) is 133 cm³/mol. The van der Waals surface area contributed by atoms with E-state index in [2.05, 4.69) is 66.5 Å². The monoisotopic (exact) mass is 523 g/mol. The predicted octanol–water partition coefficient (Wildman–Crippen LogP) is 2.92. The highest BCUT2D eigenvalue weighted by molar-refractivity contribution is 14.0. The van der Waals surface area contributed by atoms with Gasteiger partial charge in [-0.1, -0.05) is 24.1 Å². The zero-order valence-corrected chi connectivity index (χ0v) is 20.4. The number of halogens is 1. The normalized spacial score (nSPS) is 19.1. The molecule has 1 unspecified atom stereocenters. The Labute approximate surface area is 196 Å². The molecule has 2 aliphatic heterocycles. The lowest BCUT2D eigenvalue weighted by Gasteiger charge is -2.20. The molecule has 1 aromatic heterocycles. The molecule has 4 rings (SSSR count). The summed E-state index contributed by atoms with van der Waals surface area (Å²) in [4.78, 5) is 6.86. The van der Waals surface area contributed by atoms with E-state index < -0.39 is 0 Å². The molecule has 2 aromatic rings. The summed E-state index contributed by atoms with van der Waals surface area (Å²) in [5.74, 6) is 3.12. The molecule has 8 heteroatoms. The Morgan fingerprint density at radius 3 is 2.77 bits per heavy atom. The van der Waals surface area contributed by atoms with Crippen molar-refractivity contribution in [3.8, 4) is 0 Å². The maximum atomic E-state index is 4.42. The van der Waals surface area contributed by atoms with Crippen molar-refractivity contribution >= 4 is 35.6 Å². The smallest absolute Gasteiger partial charge is 0.191 e. The average Bonchev–Trinajstić information content (AvgIpc) is 3.28. The van der Waals surface area contributed by atoms with Crippen molar-refractivity contribution in [2.24, 2.45) is 4.99 Å². The molecule has 0 radical (unpaired) electrons. The van der Waals surface area contributed by atoms with Crippen LogP contribution in [0.5, 0.6) is 0 Å². The number of aryl methyl sites for hydroxylation is 2. The maximum absolute atomic E-state index is 4.42. The molecule has 164 valence electrons. The van der Waals surface area contributed by atoms with Gasteiger partial charge in [0.05, 0.1) is 0 Å². The van der Waals surface area contributed by atoms with Crippen molar-refractivity contribution in [3.63, 3.8) is 0 Å². The number of nitrogens with one attached hydrogen (secondary N) is 2. The van der Waals surface area contributed by atoms with E-state index in [1.54, 1.807) is 0 Å². The van der Waals surface area contributed by atoms with Crippen molar-refractivity contribution in [1.82, 2.24) is 25.4 Å². The number of anilines is 1. The SMILES string of the molecule is CN=C(NCCc1nnc2n1CCCCC2)NC1CCN(c2ccc(C)cc2)C1.I. The molecule has 7 nitrogen and oxygen atoms in total. The molecular formula is C22H34IN7. The number of nitrogens with zero attached hydrogens (tertiary/aromatic N) is 5. The van der Waals surface area contributed by atoms with Crippen LogP contribution in [-0.2, 0) is 19.4 Å². The summed E-state index contributed by atoms with van der Waals surface area (Å²) >= 11 is 0. The maximum Gasteiger partial charge on any atom is 0.191 e. The molecule has 0 spiro atoms. The second kappa shape index (κ2) is 11.0. The zero-order chi connectivity index (χ0) is 20.1. The quantitative estimate of drug-likeness (QED) is 0.359. The molecule has 1 saturated heterocycles. The van der Waals surface area contributed by atoms with Gasteiger partial charge < -0.3 is 20.1 Å². The number of guanidine groups is 1. The molecule has 0 saturated carbocycles. The molecule has 3 heterocycles. The number of benzene rings is 1. The molecule has 2 N–H and O–H groups in total. The minimum atomic E-state index is 0. The summed E-state index contributed by atoms with van der Waals surface area (Å²) in [6, 6.07) is 9.20. The fraction of sp³-hybridized carbons (Fsp3) is 0.591. The minimum Gasteiger partial charge on any atom is -0.369 e. The Bertz CT molecular complexity index is 831. The molecule has 2 aliphatic rings. The van der Waals surface area contributed by atoms with Crippen LogP contribution in [0.2, 0.25) is 0 Å². The highest BCUT2D eigenvalue weighted by Crippen LogP contribution is 2.20. The Kier molecular flexibility index (Phi) is 8.35. The van der Waals surface area contributed by atoms with Crippen LogP contribution in [0.25, 0.3) is 0 Å². The van der Waals surface area contributed by atoms with Crippen molar-refractivity contribution in [2.45, 2.75) is 58.0 Å². The van der Waals surface area contributed by atoms with Gasteiger partial charge in [-0.15, -0.1) is 34.2 Å². The Hall–Kier alpha value is -1.84. The van der Waals surface area contributed by atoms with Crippen LogP contribution in [-0.4, -0.2) is 53.4 Å². The van der Waals surface area contributed by atoms with Crippen LogP contribution in [0.3, 0.4) is 0 Å².